The number of para-hydroxylation sites is 1. The van der Waals surface area contributed by atoms with Crippen molar-refractivity contribution in [1.29, 1.82) is 0 Å². The zero-order valence-corrected chi connectivity index (χ0v) is 14.2. The van der Waals surface area contributed by atoms with Gasteiger partial charge in [-0.2, -0.15) is 13.2 Å². The molecule has 134 valence electrons. The molecule has 0 unspecified atom stereocenters. The molecule has 2 aromatic rings. The lowest BCUT2D eigenvalue weighted by Gasteiger charge is -2.21. The summed E-state index contributed by atoms with van der Waals surface area (Å²) in [5.41, 5.74) is -3.54. The Bertz CT molecular complexity index is 909. The summed E-state index contributed by atoms with van der Waals surface area (Å²) < 4.78 is 43.3. The van der Waals surface area contributed by atoms with E-state index in [0.29, 0.717) is 11.1 Å². The Hall–Kier alpha value is -2.74. The highest BCUT2D eigenvalue weighted by atomic mass is 32.2. The average molecular weight is 379 g/mol. The molecule has 1 heterocycles. The minimum atomic E-state index is -4.52. The highest BCUT2D eigenvalue weighted by Crippen LogP contribution is 2.45. The van der Waals surface area contributed by atoms with Crippen LogP contribution in [-0.2, 0) is 9.53 Å². The standard InChI is InChI=1S/C18H12F3NO3S/c1-25-16(23)10-14-11-6-2-3-7-12(11)17(24)22(14)13-8-4-5-9-15(13)26-18(19,20)21/h2-10H,1H3/b14-10+. The summed E-state index contributed by atoms with van der Waals surface area (Å²) in [6, 6.07) is 12.2. The van der Waals surface area contributed by atoms with Crippen LogP contribution in [-0.4, -0.2) is 24.5 Å². The maximum absolute atomic E-state index is 12.9. The van der Waals surface area contributed by atoms with E-state index in [2.05, 4.69) is 4.74 Å². The van der Waals surface area contributed by atoms with E-state index >= 15 is 0 Å². The second-order valence-corrected chi connectivity index (χ2v) is 6.36. The minimum Gasteiger partial charge on any atom is -0.466 e. The number of esters is 1. The quantitative estimate of drug-likeness (QED) is 0.448. The zero-order chi connectivity index (χ0) is 18.9. The molecule has 1 aliphatic heterocycles. The van der Waals surface area contributed by atoms with Crippen molar-refractivity contribution in [2.24, 2.45) is 0 Å². The maximum Gasteiger partial charge on any atom is 0.446 e. The van der Waals surface area contributed by atoms with E-state index in [1.54, 1.807) is 24.3 Å². The van der Waals surface area contributed by atoms with E-state index in [-0.39, 0.29) is 28.0 Å². The first-order chi connectivity index (χ1) is 12.3. The van der Waals surface area contributed by atoms with Gasteiger partial charge >= 0.3 is 11.5 Å². The van der Waals surface area contributed by atoms with Crippen LogP contribution in [0.4, 0.5) is 18.9 Å². The van der Waals surface area contributed by atoms with Crippen molar-refractivity contribution in [3.63, 3.8) is 0 Å². The summed E-state index contributed by atoms with van der Waals surface area (Å²) in [5.74, 6) is -1.22. The van der Waals surface area contributed by atoms with Crippen LogP contribution in [0.15, 0.2) is 59.5 Å². The Morgan fingerprint density at radius 3 is 2.35 bits per heavy atom. The van der Waals surface area contributed by atoms with Gasteiger partial charge in [-0.3, -0.25) is 9.69 Å². The topological polar surface area (TPSA) is 46.6 Å². The number of ether oxygens (including phenoxy) is 1. The summed E-state index contributed by atoms with van der Waals surface area (Å²) in [7, 11) is 1.18. The lowest BCUT2D eigenvalue weighted by Crippen LogP contribution is -2.24. The third-order valence-corrected chi connectivity index (χ3v) is 4.46. The number of hydrogen-bond donors (Lipinski definition) is 0. The molecule has 0 spiro atoms. The van der Waals surface area contributed by atoms with Gasteiger partial charge in [-0.05, 0) is 30.0 Å². The third-order valence-electron chi connectivity index (χ3n) is 3.67. The normalized spacial score (nSPS) is 15.3. The molecule has 3 rings (SSSR count). The van der Waals surface area contributed by atoms with E-state index in [9.17, 15) is 22.8 Å². The average Bonchev–Trinajstić information content (AvgIpc) is 2.87. The SMILES string of the molecule is COC(=O)/C=C1\c2ccccc2C(=O)N1c1ccccc1SC(F)(F)F. The largest absolute Gasteiger partial charge is 0.466 e. The fraction of sp³-hybridized carbons (Fsp3) is 0.111. The fourth-order valence-electron chi connectivity index (χ4n) is 2.65. The third kappa shape index (κ3) is 3.45. The molecule has 0 saturated carbocycles. The van der Waals surface area contributed by atoms with Crippen LogP contribution >= 0.6 is 11.8 Å². The first kappa shape index (κ1) is 18.1. The number of nitrogens with zero attached hydrogens (tertiary/aromatic N) is 1. The molecule has 0 radical (unpaired) electrons. The van der Waals surface area contributed by atoms with Crippen molar-refractivity contribution in [1.82, 2.24) is 0 Å². The summed E-state index contributed by atoms with van der Waals surface area (Å²) in [4.78, 5) is 25.6. The van der Waals surface area contributed by atoms with Gasteiger partial charge in [0.2, 0.25) is 0 Å². The Morgan fingerprint density at radius 2 is 1.69 bits per heavy atom. The number of anilines is 1. The second-order valence-electron chi connectivity index (χ2n) is 5.25. The molecule has 0 aromatic heterocycles. The van der Waals surface area contributed by atoms with Crippen molar-refractivity contribution in [2.45, 2.75) is 10.4 Å². The molecular weight excluding hydrogens is 367 g/mol. The van der Waals surface area contributed by atoms with E-state index in [4.69, 9.17) is 0 Å². The van der Waals surface area contributed by atoms with Gasteiger partial charge in [0.05, 0.1) is 18.5 Å². The number of thioether (sulfide) groups is 1. The first-order valence-electron chi connectivity index (χ1n) is 7.40. The highest BCUT2D eigenvalue weighted by molar-refractivity contribution is 8.00. The molecule has 8 heteroatoms. The van der Waals surface area contributed by atoms with Crippen molar-refractivity contribution in [3.05, 3.63) is 65.7 Å². The van der Waals surface area contributed by atoms with E-state index in [0.717, 1.165) is 11.0 Å². The van der Waals surface area contributed by atoms with E-state index in [1.807, 2.05) is 0 Å². The number of benzene rings is 2. The van der Waals surface area contributed by atoms with Crippen molar-refractivity contribution < 1.29 is 27.5 Å². The number of amides is 1. The molecule has 0 saturated heterocycles. The molecule has 4 nitrogen and oxygen atoms in total. The minimum absolute atomic E-state index is 0.0474. The summed E-state index contributed by atoms with van der Waals surface area (Å²) in [6.45, 7) is 0. The van der Waals surface area contributed by atoms with Gasteiger partial charge in [0.15, 0.2) is 0 Å². The van der Waals surface area contributed by atoms with Gasteiger partial charge in [0.25, 0.3) is 5.91 Å². The Morgan fingerprint density at radius 1 is 1.08 bits per heavy atom. The number of carbonyl (C=O) groups is 2. The molecule has 0 atom stereocenters. The number of carbonyl (C=O) groups excluding carboxylic acids is 2. The predicted octanol–water partition coefficient (Wildman–Crippen LogP) is 4.47. The van der Waals surface area contributed by atoms with Gasteiger partial charge in [-0.25, -0.2) is 4.79 Å². The Labute approximate surface area is 151 Å². The lowest BCUT2D eigenvalue weighted by molar-refractivity contribution is -0.134. The molecule has 26 heavy (non-hydrogen) atoms. The predicted molar refractivity (Wildman–Crippen MR) is 91.6 cm³/mol. The summed E-state index contributed by atoms with van der Waals surface area (Å²) in [6.07, 6.45) is 1.10. The highest BCUT2D eigenvalue weighted by Gasteiger charge is 2.37. The molecular formula is C18H12F3NO3S. The summed E-state index contributed by atoms with van der Waals surface area (Å²) >= 11 is -0.316. The number of alkyl halides is 3. The van der Waals surface area contributed by atoms with Crippen LogP contribution in [0.2, 0.25) is 0 Å². The molecule has 1 aliphatic rings. The molecule has 0 bridgehead atoms. The van der Waals surface area contributed by atoms with Crippen molar-refractivity contribution in [3.8, 4) is 0 Å². The number of rotatable bonds is 3. The second kappa shape index (κ2) is 6.87. The Kier molecular flexibility index (Phi) is 4.78. The molecule has 2 aromatic carbocycles. The fourth-order valence-corrected chi connectivity index (χ4v) is 3.31. The van der Waals surface area contributed by atoms with Gasteiger partial charge in [0, 0.05) is 22.1 Å². The van der Waals surface area contributed by atoms with Crippen LogP contribution in [0.5, 0.6) is 0 Å². The van der Waals surface area contributed by atoms with Crippen LogP contribution < -0.4 is 4.90 Å². The van der Waals surface area contributed by atoms with Gasteiger partial charge < -0.3 is 4.74 Å². The van der Waals surface area contributed by atoms with E-state index < -0.39 is 17.4 Å². The monoisotopic (exact) mass is 379 g/mol. The number of hydrogen-bond acceptors (Lipinski definition) is 4. The van der Waals surface area contributed by atoms with Crippen molar-refractivity contribution in [2.75, 3.05) is 12.0 Å². The molecule has 0 fully saturated rings. The van der Waals surface area contributed by atoms with Gasteiger partial charge in [-0.15, -0.1) is 0 Å². The molecule has 0 N–H and O–H groups in total. The Balaban J connectivity index is 2.17. The van der Waals surface area contributed by atoms with Crippen molar-refractivity contribution >= 4 is 35.0 Å². The lowest BCUT2D eigenvalue weighted by atomic mass is 10.1. The number of halogens is 3. The van der Waals surface area contributed by atoms with Crippen LogP contribution in [0, 0.1) is 0 Å². The van der Waals surface area contributed by atoms with Crippen LogP contribution in [0.1, 0.15) is 15.9 Å². The van der Waals surface area contributed by atoms with Gasteiger partial charge in [-0.1, -0.05) is 30.3 Å². The maximum atomic E-state index is 12.9. The van der Waals surface area contributed by atoms with E-state index in [1.165, 1.54) is 31.4 Å². The number of methoxy groups -OCH3 is 1. The number of fused-ring (bicyclic) bond motifs is 1. The van der Waals surface area contributed by atoms with Crippen LogP contribution in [0.25, 0.3) is 5.70 Å². The van der Waals surface area contributed by atoms with Crippen LogP contribution in [0.3, 0.4) is 0 Å². The molecule has 0 aliphatic carbocycles. The smallest absolute Gasteiger partial charge is 0.446 e. The molecule has 1 amide bonds. The summed E-state index contributed by atoms with van der Waals surface area (Å²) in [5, 5.41) is 0. The van der Waals surface area contributed by atoms with Gasteiger partial charge in [0.1, 0.15) is 0 Å². The zero-order valence-electron chi connectivity index (χ0n) is 13.4. The first-order valence-corrected chi connectivity index (χ1v) is 8.22.